The van der Waals surface area contributed by atoms with Gasteiger partial charge in [0.1, 0.15) is 23.5 Å². The maximum Gasteiger partial charge on any atom is 0.169 e. The summed E-state index contributed by atoms with van der Waals surface area (Å²) in [6.07, 6.45) is 49.8. The molecule has 6 unspecified atom stereocenters. The predicted octanol–water partition coefficient (Wildman–Crippen LogP) is 11.0. The van der Waals surface area contributed by atoms with Gasteiger partial charge in [0, 0.05) is 23.2 Å². The van der Waals surface area contributed by atoms with Gasteiger partial charge in [0.25, 0.3) is 0 Å². The second-order valence-electron chi connectivity index (χ2n) is 16.8. The van der Waals surface area contributed by atoms with Crippen molar-refractivity contribution >= 4 is 17.2 Å². The van der Waals surface area contributed by atoms with Crippen LogP contribution in [0, 0.1) is 23.7 Å². The Morgan fingerprint density at radius 2 is 1.60 bits per heavy atom. The summed E-state index contributed by atoms with van der Waals surface area (Å²) in [4.78, 5) is 13.3. The van der Waals surface area contributed by atoms with Crippen molar-refractivity contribution < 1.29 is 4.74 Å². The molecule has 1 aromatic carbocycles. The number of nitrogens with one attached hydrogen (secondary N) is 1. The summed E-state index contributed by atoms with van der Waals surface area (Å²) in [5.41, 5.74) is 13.6. The molecule has 0 amide bonds. The van der Waals surface area contributed by atoms with Gasteiger partial charge in [-0.15, -0.1) is 0 Å². The van der Waals surface area contributed by atoms with Gasteiger partial charge in [-0.25, -0.2) is 9.98 Å². The monoisotopic (exact) mass is 746 g/mol. The van der Waals surface area contributed by atoms with E-state index in [1.807, 2.05) is 0 Å². The topological polar surface area (TPSA) is 49.2 Å². The van der Waals surface area contributed by atoms with Crippen LogP contribution in [0.3, 0.4) is 0 Å². The molecule has 7 atom stereocenters. The Labute approximate surface area is 337 Å². The molecule has 10 aliphatic rings. The first-order chi connectivity index (χ1) is 28.2. The number of ether oxygens (including phenoxy) is 1. The summed E-state index contributed by atoms with van der Waals surface area (Å²) in [6.45, 7) is 2.39. The number of hydrogen-bond acceptors (Lipinski definition) is 5. The number of benzene rings is 1. The van der Waals surface area contributed by atoms with Crippen LogP contribution in [0.1, 0.15) is 63.9 Å². The fourth-order valence-corrected chi connectivity index (χ4v) is 10.8. The molecule has 7 aliphatic carbocycles. The highest BCUT2D eigenvalue weighted by Gasteiger charge is 2.53. The van der Waals surface area contributed by atoms with Gasteiger partial charge in [0.15, 0.2) is 6.17 Å². The third-order valence-electron chi connectivity index (χ3n) is 13.6. The standard InChI is InChI=1S/C52H50N4O/c1-33-39(24-15-25-40(33)52-54-50(36-18-7-3-8-19-36)53-51(55-52)37-20-9-4-10-21-37)44-32-43-41-22-11-13-26-45(41)56(38-30-28-35(29-31-38)34-16-5-2-6-17-34)48(43)47-42-23-12-14-27-46(42)57-49(44)47/h2-3,5-7,9,11,13-18,20-22,24-28,30,32-33,39,41,45,47,49,51H,4,8,10,12,19,23,29,31H2,1H3,(H,53,54,55)/t33-,39?,41?,45?,47?,49?,51?/m1/s1. The Hall–Kier alpha value is -5.68. The number of aliphatic imine (C=N–C) groups is 2. The van der Waals surface area contributed by atoms with Crippen LogP contribution in [0.25, 0.3) is 5.57 Å². The van der Waals surface area contributed by atoms with E-state index in [-0.39, 0.29) is 36.1 Å². The van der Waals surface area contributed by atoms with E-state index in [0.717, 1.165) is 68.8 Å². The second-order valence-corrected chi connectivity index (χ2v) is 16.8. The van der Waals surface area contributed by atoms with Crippen LogP contribution in [-0.2, 0) is 4.74 Å². The molecular weight excluding hydrogens is 697 g/mol. The minimum Gasteiger partial charge on any atom is -0.485 e. The summed E-state index contributed by atoms with van der Waals surface area (Å²) < 4.78 is 7.18. The number of amidine groups is 2. The Morgan fingerprint density at radius 1 is 0.737 bits per heavy atom. The van der Waals surface area contributed by atoms with Gasteiger partial charge in [0.05, 0.1) is 12.0 Å². The van der Waals surface area contributed by atoms with Crippen LogP contribution in [0.4, 0.5) is 0 Å². The average molecular weight is 747 g/mol. The molecular formula is C52H50N4O. The van der Waals surface area contributed by atoms with Crippen molar-refractivity contribution in [2.75, 3.05) is 0 Å². The van der Waals surface area contributed by atoms with E-state index in [9.17, 15) is 0 Å². The molecule has 0 spiro atoms. The predicted molar refractivity (Wildman–Crippen MR) is 233 cm³/mol. The van der Waals surface area contributed by atoms with Crippen LogP contribution in [-0.4, -0.2) is 34.9 Å². The SMILES string of the molecule is C[C@H]1C(C2=NC(C3=CCCC=C3)N=C(C3=CC=CCC3)N2)=CC=CC1C1=CC2=C(C3C4=C(C=CCC4)OC13)N(C1=CC=C(c3ccccc3)CC1)C1C=CC=CC21. The zero-order valence-corrected chi connectivity index (χ0v) is 32.7. The maximum atomic E-state index is 7.18. The Kier molecular flexibility index (Phi) is 8.71. The van der Waals surface area contributed by atoms with Crippen LogP contribution in [0.5, 0.6) is 0 Å². The van der Waals surface area contributed by atoms with Crippen LogP contribution in [0.15, 0.2) is 200 Å². The first-order valence-electron chi connectivity index (χ1n) is 21.3. The third kappa shape index (κ3) is 5.97. The van der Waals surface area contributed by atoms with Gasteiger partial charge in [0.2, 0.25) is 0 Å². The van der Waals surface area contributed by atoms with Crippen molar-refractivity contribution in [1.82, 2.24) is 10.2 Å². The molecule has 0 aromatic heterocycles. The summed E-state index contributed by atoms with van der Waals surface area (Å²) in [5, 5.41) is 3.77. The summed E-state index contributed by atoms with van der Waals surface area (Å²) >= 11 is 0. The van der Waals surface area contributed by atoms with Crippen molar-refractivity contribution in [2.24, 2.45) is 33.7 Å². The van der Waals surface area contributed by atoms with Gasteiger partial charge in [-0.3, -0.25) is 0 Å². The lowest BCUT2D eigenvalue weighted by atomic mass is 9.69. The minimum absolute atomic E-state index is 0.0500. The molecule has 0 saturated carbocycles. The molecule has 11 rings (SSSR count). The number of hydrogen-bond donors (Lipinski definition) is 1. The molecule has 3 aliphatic heterocycles. The summed E-state index contributed by atoms with van der Waals surface area (Å²) in [5.74, 6) is 3.82. The molecule has 0 fully saturated rings. The normalized spacial score (nSPS) is 32.1. The van der Waals surface area contributed by atoms with Crippen molar-refractivity contribution in [2.45, 2.75) is 76.6 Å². The highest BCUT2D eigenvalue weighted by Crippen LogP contribution is 2.57. The van der Waals surface area contributed by atoms with Crippen LogP contribution in [0.2, 0.25) is 0 Å². The molecule has 1 N–H and O–H groups in total. The van der Waals surface area contributed by atoms with Crippen LogP contribution >= 0.6 is 0 Å². The van der Waals surface area contributed by atoms with Crippen molar-refractivity contribution in [3.8, 4) is 0 Å². The maximum absolute atomic E-state index is 7.18. The van der Waals surface area contributed by atoms with E-state index in [2.05, 4.69) is 157 Å². The Bertz CT molecular complexity index is 2410. The van der Waals surface area contributed by atoms with Gasteiger partial charge in [-0.1, -0.05) is 134 Å². The van der Waals surface area contributed by atoms with Gasteiger partial charge < -0.3 is 15.0 Å². The van der Waals surface area contributed by atoms with E-state index in [1.54, 1.807) is 0 Å². The van der Waals surface area contributed by atoms with E-state index in [1.165, 1.54) is 56.0 Å². The largest absolute Gasteiger partial charge is 0.485 e. The highest BCUT2D eigenvalue weighted by atomic mass is 16.5. The van der Waals surface area contributed by atoms with E-state index in [0.29, 0.717) is 5.92 Å². The number of nitrogens with zero attached hydrogens (tertiary/aromatic N) is 3. The van der Waals surface area contributed by atoms with Crippen molar-refractivity contribution in [1.29, 1.82) is 0 Å². The van der Waals surface area contributed by atoms with E-state index in [4.69, 9.17) is 14.7 Å². The molecule has 1 aromatic rings. The quantitative estimate of drug-likeness (QED) is 0.315. The minimum atomic E-state index is -0.246. The Balaban J connectivity index is 0.979. The molecule has 57 heavy (non-hydrogen) atoms. The zero-order chi connectivity index (χ0) is 37.9. The average Bonchev–Trinajstić information content (AvgIpc) is 3.83. The number of fused-ring (bicyclic) bond motifs is 5. The molecule has 5 heteroatoms. The first-order valence-corrected chi connectivity index (χ1v) is 21.3. The third-order valence-corrected chi connectivity index (χ3v) is 13.6. The summed E-state index contributed by atoms with van der Waals surface area (Å²) in [7, 11) is 0. The number of allylic oxidation sites excluding steroid dienone is 17. The smallest absolute Gasteiger partial charge is 0.169 e. The lowest BCUT2D eigenvalue weighted by molar-refractivity contribution is 0.138. The number of rotatable bonds is 6. The second kappa shape index (κ2) is 14.4. The molecule has 3 heterocycles. The van der Waals surface area contributed by atoms with Crippen molar-refractivity contribution in [3.63, 3.8) is 0 Å². The van der Waals surface area contributed by atoms with Crippen molar-refractivity contribution in [3.05, 3.63) is 196 Å². The lowest BCUT2D eigenvalue weighted by Gasteiger charge is -2.40. The molecule has 284 valence electrons. The molecule has 0 radical (unpaired) electrons. The lowest BCUT2D eigenvalue weighted by Crippen LogP contribution is -2.42. The fraction of sp³-hybridized carbons (Fsp3) is 0.308. The fourth-order valence-electron chi connectivity index (χ4n) is 10.8. The van der Waals surface area contributed by atoms with E-state index >= 15 is 0 Å². The zero-order valence-electron chi connectivity index (χ0n) is 32.7. The Morgan fingerprint density at radius 3 is 2.44 bits per heavy atom. The van der Waals surface area contributed by atoms with E-state index < -0.39 is 0 Å². The van der Waals surface area contributed by atoms with Gasteiger partial charge >= 0.3 is 0 Å². The molecule has 5 nitrogen and oxygen atoms in total. The van der Waals surface area contributed by atoms with Gasteiger partial charge in [-0.2, -0.15) is 0 Å². The highest BCUT2D eigenvalue weighted by molar-refractivity contribution is 6.16. The van der Waals surface area contributed by atoms with Gasteiger partial charge in [-0.05, 0) is 114 Å². The molecule has 0 saturated heterocycles. The molecule has 0 bridgehead atoms. The van der Waals surface area contributed by atoms with Crippen LogP contribution < -0.4 is 5.32 Å². The summed E-state index contributed by atoms with van der Waals surface area (Å²) in [6, 6.07) is 11.1. The first kappa shape index (κ1) is 34.6.